The van der Waals surface area contributed by atoms with Gasteiger partial charge in [-0.1, -0.05) is 12.2 Å². The minimum atomic E-state index is -1.28. The van der Waals surface area contributed by atoms with E-state index in [0.717, 1.165) is 8.14 Å². The Hall–Kier alpha value is -1.65. The average molecular weight is 497 g/mol. The van der Waals surface area contributed by atoms with Crippen LogP contribution in [0.25, 0.3) is 0 Å². The normalized spacial score (nSPS) is 24.8. The third-order valence-electron chi connectivity index (χ3n) is 3.44. The number of hydrogen-bond donors (Lipinski definition) is 6. The van der Waals surface area contributed by atoms with Gasteiger partial charge in [0.1, 0.15) is 28.8 Å². The Bertz CT molecular complexity index is 930. The highest BCUT2D eigenvalue weighted by Crippen LogP contribution is 2.27. The summed E-state index contributed by atoms with van der Waals surface area (Å²) in [5.41, 5.74) is 4.36. The van der Waals surface area contributed by atoms with E-state index in [-0.39, 0.29) is 4.64 Å². The largest absolute Gasteiger partial charge is 0.394 e. The summed E-state index contributed by atoms with van der Waals surface area (Å²) >= 11 is 6.75. The highest BCUT2D eigenvalue weighted by atomic mass is 127. The van der Waals surface area contributed by atoms with Gasteiger partial charge in [-0.3, -0.25) is 14.5 Å². The van der Waals surface area contributed by atoms with E-state index in [1.807, 2.05) is 22.6 Å². The van der Waals surface area contributed by atoms with Crippen LogP contribution in [0.2, 0.25) is 0 Å². The topological polar surface area (TPSA) is 179 Å². The number of nitrogens with zero attached hydrogens (tertiary/aromatic N) is 2. The third-order valence-corrected chi connectivity index (χ3v) is 4.53. The molecule has 0 unspecified atom stereocenters. The maximum Gasteiger partial charge on any atom is 0.346 e. The summed E-state index contributed by atoms with van der Waals surface area (Å²) in [6.07, 6.45) is -1.68. The zero-order valence-electron chi connectivity index (χ0n) is 13.1. The highest BCUT2D eigenvalue weighted by Gasteiger charge is 2.43. The summed E-state index contributed by atoms with van der Waals surface area (Å²) < 4.78 is 7.30. The molecule has 2 aromatic heterocycles. The number of nitrogen functional groups attached to an aromatic ring is 1. The molecule has 3 rings (SSSR count). The summed E-state index contributed by atoms with van der Waals surface area (Å²) in [5, 5.41) is 28.2. The van der Waals surface area contributed by atoms with E-state index >= 15 is 0 Å². The van der Waals surface area contributed by atoms with Crippen molar-refractivity contribution in [3.05, 3.63) is 47.6 Å². The number of aromatic nitrogens is 4. The number of H-pyrrole nitrogens is 2. The van der Waals surface area contributed by atoms with E-state index in [1.165, 1.54) is 18.5 Å². The zero-order chi connectivity index (χ0) is 19.4. The number of aliphatic hydroxyl groups excluding tert-OH is 3. The number of ether oxygens (including phenoxy) is 1. The van der Waals surface area contributed by atoms with Crippen LogP contribution >= 0.6 is 34.8 Å². The molecule has 0 amide bonds. The fraction of sp³-hybridized carbons (Fsp3) is 0.385. The van der Waals surface area contributed by atoms with Crippen LogP contribution in [0.3, 0.4) is 0 Å². The molecular formula is C13H16IN5O6S. The molecule has 0 saturated carbocycles. The van der Waals surface area contributed by atoms with Crippen molar-refractivity contribution < 1.29 is 20.1 Å². The Morgan fingerprint density at radius 2 is 2.04 bits per heavy atom. The summed E-state index contributed by atoms with van der Waals surface area (Å²) in [5.74, 6) is 0.371. The molecule has 0 bridgehead atoms. The van der Waals surface area contributed by atoms with Gasteiger partial charge >= 0.3 is 11.4 Å². The fourth-order valence-electron chi connectivity index (χ4n) is 2.13. The zero-order valence-corrected chi connectivity index (χ0v) is 16.0. The molecule has 11 nitrogen and oxygen atoms in total. The predicted octanol–water partition coefficient (Wildman–Crippen LogP) is -1.53. The Kier molecular flexibility index (Phi) is 7.01. The van der Waals surface area contributed by atoms with Crippen molar-refractivity contribution in [1.29, 1.82) is 0 Å². The van der Waals surface area contributed by atoms with E-state index in [2.05, 4.69) is 15.0 Å². The van der Waals surface area contributed by atoms with Crippen LogP contribution in [0.1, 0.15) is 6.23 Å². The van der Waals surface area contributed by atoms with Gasteiger partial charge in [0.25, 0.3) is 0 Å². The number of hydrogen-bond acceptors (Lipinski definition) is 9. The van der Waals surface area contributed by atoms with Crippen molar-refractivity contribution in [3.63, 3.8) is 0 Å². The maximum atomic E-state index is 11.6. The van der Waals surface area contributed by atoms with E-state index in [1.54, 1.807) is 0 Å². The first kappa shape index (κ1) is 20.7. The van der Waals surface area contributed by atoms with Crippen molar-refractivity contribution >= 4 is 40.6 Å². The van der Waals surface area contributed by atoms with Crippen LogP contribution in [0.15, 0.2) is 28.0 Å². The van der Waals surface area contributed by atoms with Crippen LogP contribution in [0.4, 0.5) is 5.82 Å². The van der Waals surface area contributed by atoms with Gasteiger partial charge < -0.3 is 25.8 Å². The Morgan fingerprint density at radius 3 is 2.54 bits per heavy atom. The first-order valence-electron chi connectivity index (χ1n) is 7.18. The van der Waals surface area contributed by atoms with Gasteiger partial charge in [-0.25, -0.2) is 14.6 Å². The molecule has 3 heterocycles. The summed E-state index contributed by atoms with van der Waals surface area (Å²) in [6.45, 7) is -0.438. The molecule has 13 heteroatoms. The monoisotopic (exact) mass is 497 g/mol. The third kappa shape index (κ3) is 4.74. The lowest BCUT2D eigenvalue weighted by Gasteiger charge is -2.16. The van der Waals surface area contributed by atoms with Crippen molar-refractivity contribution in [2.24, 2.45) is 0 Å². The lowest BCUT2D eigenvalue weighted by molar-refractivity contribution is -0.0550. The van der Waals surface area contributed by atoms with E-state index < -0.39 is 42.5 Å². The molecule has 4 atom stereocenters. The Labute approximate surface area is 164 Å². The molecule has 1 aliphatic rings. The molecular weight excluding hydrogens is 481 g/mol. The van der Waals surface area contributed by atoms with Gasteiger partial charge in [0.2, 0.25) is 0 Å². The van der Waals surface area contributed by atoms with Crippen molar-refractivity contribution in [3.8, 4) is 0 Å². The van der Waals surface area contributed by atoms with Gasteiger partial charge in [0.05, 0.1) is 10.2 Å². The summed E-state index contributed by atoms with van der Waals surface area (Å²) in [6, 6.07) is 1.46. The van der Waals surface area contributed by atoms with Crippen molar-refractivity contribution in [1.82, 2.24) is 19.5 Å². The van der Waals surface area contributed by atoms with Gasteiger partial charge in [-0.15, -0.1) is 0 Å². The molecule has 0 aliphatic carbocycles. The molecule has 2 aromatic rings. The van der Waals surface area contributed by atoms with E-state index in [9.17, 15) is 19.8 Å². The van der Waals surface area contributed by atoms with Gasteiger partial charge in [0.15, 0.2) is 6.23 Å². The van der Waals surface area contributed by atoms with Crippen molar-refractivity contribution in [2.75, 3.05) is 12.3 Å². The predicted molar refractivity (Wildman–Crippen MR) is 101 cm³/mol. The standard InChI is InChI=1S/C9H12N2O5S.C4H4IN3O/c12-3-4-6(13)7(14)8(16-4)11-2-1-5(17)10-9(11)15;5-2-1-7-4(9)8-3(2)6/h1-2,4,6-8,12-14H,3H2,(H,10,15,17);1H,(H3,6,7,8,9)/t4-,6-,7-,8-;/m1./s1. The second-order valence-electron chi connectivity index (χ2n) is 5.20. The summed E-state index contributed by atoms with van der Waals surface area (Å²) in [4.78, 5) is 30.1. The lowest BCUT2D eigenvalue weighted by atomic mass is 10.1. The first-order valence-corrected chi connectivity index (χ1v) is 8.67. The lowest BCUT2D eigenvalue weighted by Crippen LogP contribution is -2.35. The minimum Gasteiger partial charge on any atom is -0.394 e. The number of rotatable bonds is 2. The maximum absolute atomic E-state index is 11.6. The molecule has 0 aromatic carbocycles. The number of halogens is 1. The second-order valence-corrected chi connectivity index (χ2v) is 6.80. The molecule has 1 aliphatic heterocycles. The first-order chi connectivity index (χ1) is 12.2. The Balaban J connectivity index is 0.000000228. The number of nitrogens with one attached hydrogen (secondary N) is 2. The average Bonchev–Trinajstić information content (AvgIpc) is 2.87. The number of aliphatic hydroxyl groups is 3. The smallest absolute Gasteiger partial charge is 0.346 e. The fourth-order valence-corrected chi connectivity index (χ4v) is 2.55. The van der Waals surface area contributed by atoms with Gasteiger partial charge in [-0.2, -0.15) is 0 Å². The van der Waals surface area contributed by atoms with E-state index in [0.29, 0.717) is 5.82 Å². The van der Waals surface area contributed by atoms with Crippen molar-refractivity contribution in [2.45, 2.75) is 24.5 Å². The van der Waals surface area contributed by atoms with E-state index in [4.69, 9.17) is 27.8 Å². The molecule has 26 heavy (non-hydrogen) atoms. The quantitative estimate of drug-likeness (QED) is 0.212. The molecule has 0 spiro atoms. The Morgan fingerprint density at radius 1 is 1.35 bits per heavy atom. The second kappa shape index (κ2) is 8.83. The van der Waals surface area contributed by atoms with Gasteiger partial charge in [-0.05, 0) is 28.7 Å². The van der Waals surface area contributed by atoms with Gasteiger partial charge in [0, 0.05) is 12.4 Å². The minimum absolute atomic E-state index is 0.262. The van der Waals surface area contributed by atoms with Crippen LogP contribution in [0, 0.1) is 8.21 Å². The molecule has 7 N–H and O–H groups in total. The molecule has 142 valence electrons. The highest BCUT2D eigenvalue weighted by molar-refractivity contribution is 14.1. The summed E-state index contributed by atoms with van der Waals surface area (Å²) in [7, 11) is 0. The number of nitrogens with two attached hydrogens (primary N) is 1. The van der Waals surface area contributed by atoms with Crippen LogP contribution in [0.5, 0.6) is 0 Å². The number of aromatic amines is 2. The van der Waals surface area contributed by atoms with Crippen LogP contribution < -0.4 is 17.1 Å². The molecule has 0 radical (unpaired) electrons. The molecule has 1 saturated heterocycles. The van der Waals surface area contributed by atoms with Crippen LogP contribution in [-0.4, -0.2) is 59.8 Å². The van der Waals surface area contributed by atoms with Crippen LogP contribution in [-0.2, 0) is 4.74 Å². The number of anilines is 1. The SMILES string of the molecule is Nc1[nH]c(=O)ncc1I.O=c1[nH]c(=S)ccn1[C@@H]1O[C@H](CO)[C@@H](O)[C@H]1O. The molecule has 1 fully saturated rings.